The van der Waals surface area contributed by atoms with Gasteiger partial charge in [0, 0.05) is 30.1 Å². The third-order valence-corrected chi connectivity index (χ3v) is 7.16. The third kappa shape index (κ3) is 4.65. The second-order valence-corrected chi connectivity index (χ2v) is 9.80. The highest BCUT2D eigenvalue weighted by molar-refractivity contribution is 6.19. The van der Waals surface area contributed by atoms with Gasteiger partial charge in [-0.15, -0.1) is 0 Å². The van der Waals surface area contributed by atoms with E-state index in [9.17, 15) is 9.59 Å². The molecule has 204 valence electrons. The molecule has 6 rings (SSSR count). The van der Waals surface area contributed by atoms with Crippen LogP contribution in [0.25, 0.3) is 38.8 Å². The summed E-state index contributed by atoms with van der Waals surface area (Å²) in [6.07, 6.45) is 0. The van der Waals surface area contributed by atoms with Crippen molar-refractivity contribution in [3.8, 4) is 22.7 Å². The number of carbonyl (C=O) groups is 2. The van der Waals surface area contributed by atoms with E-state index >= 15 is 0 Å². The van der Waals surface area contributed by atoms with E-state index in [1.54, 1.807) is 13.0 Å². The summed E-state index contributed by atoms with van der Waals surface area (Å²) in [5.74, 6) is -0.571. The van der Waals surface area contributed by atoms with Crippen molar-refractivity contribution in [3.05, 3.63) is 114 Å². The van der Waals surface area contributed by atoms with Crippen molar-refractivity contribution < 1.29 is 19.1 Å². The van der Waals surface area contributed by atoms with Gasteiger partial charge in [0.1, 0.15) is 11.2 Å². The lowest BCUT2D eigenvalue weighted by Gasteiger charge is -2.12. The van der Waals surface area contributed by atoms with Gasteiger partial charge in [0.05, 0.1) is 28.8 Å². The molecule has 0 aliphatic heterocycles. The number of rotatable bonds is 7. The van der Waals surface area contributed by atoms with Crippen molar-refractivity contribution in [2.75, 3.05) is 6.61 Å². The van der Waals surface area contributed by atoms with Crippen molar-refractivity contribution in [1.29, 1.82) is 0 Å². The van der Waals surface area contributed by atoms with Gasteiger partial charge in [0.2, 0.25) is 0 Å². The second-order valence-electron chi connectivity index (χ2n) is 9.80. The fourth-order valence-electron chi connectivity index (χ4n) is 5.45. The molecule has 4 aromatic carbocycles. The first kappa shape index (κ1) is 26.1. The Morgan fingerprint density at radius 1 is 0.854 bits per heavy atom. The van der Waals surface area contributed by atoms with Gasteiger partial charge in [-0.1, -0.05) is 78.9 Å². The Kier molecular flexibility index (Phi) is 6.85. The zero-order valence-electron chi connectivity index (χ0n) is 23.1. The highest BCUT2D eigenvalue weighted by Gasteiger charge is 2.29. The van der Waals surface area contributed by atoms with Crippen molar-refractivity contribution >= 4 is 33.7 Å². The molecule has 7 heteroatoms. The van der Waals surface area contributed by atoms with Crippen LogP contribution in [0.4, 0.5) is 0 Å². The van der Waals surface area contributed by atoms with E-state index in [-0.39, 0.29) is 6.61 Å². The van der Waals surface area contributed by atoms with Crippen LogP contribution in [-0.2, 0) is 16.1 Å². The second kappa shape index (κ2) is 10.8. The Balaban J connectivity index is 1.82. The standard InChI is InChI=1S/C34H29N3O4/c1-4-40-34(39)29-22(2)36(21-24-14-8-5-9-15-24)32-27(29)20-28(41-23(3)38)33-30(32)31(25-16-10-6-11-17-25)35-37(33)26-18-12-7-13-19-26/h5-20H,4,21H2,1-3H3. The molecule has 0 radical (unpaired) electrons. The number of para-hydroxylation sites is 1. The number of hydrogen-bond acceptors (Lipinski definition) is 5. The van der Waals surface area contributed by atoms with Crippen LogP contribution in [0.5, 0.6) is 5.75 Å². The van der Waals surface area contributed by atoms with Crippen molar-refractivity contribution in [3.63, 3.8) is 0 Å². The lowest BCUT2D eigenvalue weighted by atomic mass is 10.0. The number of esters is 2. The molecule has 0 aliphatic carbocycles. The Labute approximate surface area is 237 Å². The van der Waals surface area contributed by atoms with Crippen molar-refractivity contribution in [2.24, 2.45) is 0 Å². The Morgan fingerprint density at radius 2 is 1.49 bits per heavy atom. The predicted molar refractivity (Wildman–Crippen MR) is 160 cm³/mol. The normalized spacial score (nSPS) is 11.2. The van der Waals surface area contributed by atoms with Gasteiger partial charge in [-0.2, -0.15) is 5.10 Å². The van der Waals surface area contributed by atoms with E-state index in [2.05, 4.69) is 16.7 Å². The quantitative estimate of drug-likeness (QED) is 0.159. The van der Waals surface area contributed by atoms with E-state index in [1.807, 2.05) is 90.5 Å². The predicted octanol–water partition coefficient (Wildman–Crippen LogP) is 7.11. The smallest absolute Gasteiger partial charge is 0.340 e. The minimum Gasteiger partial charge on any atom is -0.462 e. The number of aromatic nitrogens is 3. The zero-order valence-corrected chi connectivity index (χ0v) is 23.1. The number of ether oxygens (including phenoxy) is 2. The van der Waals surface area contributed by atoms with E-state index in [0.29, 0.717) is 34.5 Å². The van der Waals surface area contributed by atoms with Gasteiger partial charge in [-0.3, -0.25) is 4.79 Å². The molecule has 0 fully saturated rings. The molecular weight excluding hydrogens is 514 g/mol. The maximum atomic E-state index is 13.4. The largest absolute Gasteiger partial charge is 0.462 e. The van der Waals surface area contributed by atoms with Crippen molar-refractivity contribution in [2.45, 2.75) is 27.3 Å². The molecule has 6 aromatic rings. The Hall–Kier alpha value is -5.17. The molecule has 0 atom stereocenters. The van der Waals surface area contributed by atoms with E-state index in [1.165, 1.54) is 6.92 Å². The Morgan fingerprint density at radius 3 is 2.12 bits per heavy atom. The summed E-state index contributed by atoms with van der Waals surface area (Å²) in [5.41, 5.74) is 6.17. The van der Waals surface area contributed by atoms with Crippen LogP contribution in [0.1, 0.15) is 35.5 Å². The highest BCUT2D eigenvalue weighted by atomic mass is 16.5. The number of fused-ring (bicyclic) bond motifs is 3. The molecule has 0 N–H and O–H groups in total. The fraction of sp³-hybridized carbons (Fsp3) is 0.147. The van der Waals surface area contributed by atoms with Crippen molar-refractivity contribution in [1.82, 2.24) is 14.3 Å². The summed E-state index contributed by atoms with van der Waals surface area (Å²) in [6.45, 7) is 5.85. The third-order valence-electron chi connectivity index (χ3n) is 7.16. The average Bonchev–Trinajstić information content (AvgIpc) is 3.50. The molecule has 41 heavy (non-hydrogen) atoms. The number of carbonyl (C=O) groups excluding carboxylic acids is 2. The van der Waals surface area contributed by atoms with E-state index in [4.69, 9.17) is 14.6 Å². The van der Waals surface area contributed by atoms with Gasteiger partial charge >= 0.3 is 11.9 Å². The van der Waals surface area contributed by atoms with Crippen LogP contribution in [0.15, 0.2) is 97.1 Å². The molecule has 0 saturated heterocycles. The van der Waals surface area contributed by atoms with Crippen LogP contribution in [0, 0.1) is 6.92 Å². The minimum absolute atomic E-state index is 0.240. The molecule has 0 spiro atoms. The number of nitrogens with zero attached hydrogens (tertiary/aromatic N) is 3. The molecule has 0 saturated carbocycles. The summed E-state index contributed by atoms with van der Waals surface area (Å²) in [5, 5.41) is 6.54. The van der Waals surface area contributed by atoms with Crippen LogP contribution >= 0.6 is 0 Å². The number of benzene rings is 4. The molecule has 2 heterocycles. The molecule has 2 aromatic heterocycles. The van der Waals surface area contributed by atoms with Gasteiger partial charge < -0.3 is 14.0 Å². The molecule has 0 amide bonds. The van der Waals surface area contributed by atoms with E-state index < -0.39 is 11.9 Å². The highest BCUT2D eigenvalue weighted by Crippen LogP contribution is 2.44. The lowest BCUT2D eigenvalue weighted by molar-refractivity contribution is -0.131. The Bertz CT molecular complexity index is 1890. The maximum Gasteiger partial charge on any atom is 0.340 e. The number of hydrogen-bond donors (Lipinski definition) is 0. The van der Waals surface area contributed by atoms with Gasteiger partial charge in [-0.25, -0.2) is 9.48 Å². The summed E-state index contributed by atoms with van der Waals surface area (Å²) in [4.78, 5) is 25.8. The first-order valence-corrected chi connectivity index (χ1v) is 13.6. The fourth-order valence-corrected chi connectivity index (χ4v) is 5.45. The first-order valence-electron chi connectivity index (χ1n) is 13.6. The topological polar surface area (TPSA) is 75.3 Å². The van der Waals surface area contributed by atoms with Gasteiger partial charge in [0.25, 0.3) is 0 Å². The molecule has 0 unspecified atom stereocenters. The summed E-state index contributed by atoms with van der Waals surface area (Å²) in [6, 6.07) is 31.5. The molecule has 0 bridgehead atoms. The molecule has 0 aliphatic rings. The van der Waals surface area contributed by atoms with Crippen LogP contribution in [0.2, 0.25) is 0 Å². The minimum atomic E-state index is -0.467. The summed E-state index contributed by atoms with van der Waals surface area (Å²) < 4.78 is 15.3. The van der Waals surface area contributed by atoms with E-state index in [0.717, 1.165) is 33.4 Å². The average molecular weight is 544 g/mol. The monoisotopic (exact) mass is 543 g/mol. The molecular formula is C34H29N3O4. The summed E-state index contributed by atoms with van der Waals surface area (Å²) >= 11 is 0. The maximum absolute atomic E-state index is 13.4. The summed E-state index contributed by atoms with van der Waals surface area (Å²) in [7, 11) is 0. The van der Waals surface area contributed by atoms with Crippen LogP contribution in [-0.4, -0.2) is 32.9 Å². The van der Waals surface area contributed by atoms with Gasteiger partial charge in [0.15, 0.2) is 5.75 Å². The lowest BCUT2D eigenvalue weighted by Crippen LogP contribution is -2.08. The van der Waals surface area contributed by atoms with Crippen LogP contribution < -0.4 is 4.74 Å². The SMILES string of the molecule is CCOC(=O)c1c(C)n(Cc2ccccc2)c2c1cc(OC(C)=O)c1c2c(-c2ccccc2)nn1-c1ccccc1. The first-order chi connectivity index (χ1) is 20.0. The molecule has 7 nitrogen and oxygen atoms in total. The zero-order chi connectivity index (χ0) is 28.5. The van der Waals surface area contributed by atoms with Crippen LogP contribution in [0.3, 0.4) is 0 Å². The van der Waals surface area contributed by atoms with Gasteiger partial charge in [-0.05, 0) is 37.6 Å².